The molecule has 16 heavy (non-hydrogen) atoms. The summed E-state index contributed by atoms with van der Waals surface area (Å²) in [5.41, 5.74) is 10.2. The Hall–Kier alpha value is -1.67. The number of amides is 2. The van der Waals surface area contributed by atoms with E-state index in [0.717, 1.165) is 0 Å². The summed E-state index contributed by atoms with van der Waals surface area (Å²) in [6.07, 6.45) is -1.74. The van der Waals surface area contributed by atoms with Crippen LogP contribution in [0.25, 0.3) is 0 Å². The summed E-state index contributed by atoms with van der Waals surface area (Å²) >= 11 is 0. The Balaban J connectivity index is 4.46. The molecular weight excluding hydrogens is 218 g/mol. The molecule has 8 nitrogen and oxygen atoms in total. The number of carbonyl (C=O) groups excluding carboxylic acids is 2. The third-order valence-corrected chi connectivity index (χ3v) is 1.86. The zero-order valence-electron chi connectivity index (χ0n) is 8.71. The molecular formula is C8H15N3O5. The highest BCUT2D eigenvalue weighted by atomic mass is 16.4. The number of aliphatic hydroxyl groups is 1. The van der Waals surface area contributed by atoms with Gasteiger partial charge >= 0.3 is 5.97 Å². The van der Waals surface area contributed by atoms with Crippen molar-refractivity contribution in [3.8, 4) is 0 Å². The van der Waals surface area contributed by atoms with Crippen molar-refractivity contribution in [2.45, 2.75) is 31.5 Å². The van der Waals surface area contributed by atoms with Crippen LogP contribution in [0.5, 0.6) is 0 Å². The van der Waals surface area contributed by atoms with Crippen LogP contribution in [0.3, 0.4) is 0 Å². The maximum absolute atomic E-state index is 11.3. The first-order valence-corrected chi connectivity index (χ1v) is 4.50. The van der Waals surface area contributed by atoms with Gasteiger partial charge in [-0.05, 0) is 6.92 Å². The normalized spacial score (nSPS) is 15.9. The molecule has 0 aliphatic carbocycles. The molecule has 0 aromatic heterocycles. The highest BCUT2D eigenvalue weighted by Crippen LogP contribution is 1.95. The number of carboxylic acid groups (broad SMARTS) is 1. The van der Waals surface area contributed by atoms with Crippen molar-refractivity contribution in [2.24, 2.45) is 11.5 Å². The largest absolute Gasteiger partial charge is 0.481 e. The fourth-order valence-corrected chi connectivity index (χ4v) is 0.884. The zero-order chi connectivity index (χ0) is 12.9. The molecule has 92 valence electrons. The van der Waals surface area contributed by atoms with E-state index in [9.17, 15) is 14.4 Å². The van der Waals surface area contributed by atoms with Crippen molar-refractivity contribution in [2.75, 3.05) is 0 Å². The molecule has 2 amide bonds. The lowest BCUT2D eigenvalue weighted by Crippen LogP contribution is -2.54. The van der Waals surface area contributed by atoms with Gasteiger partial charge in [-0.25, -0.2) is 0 Å². The van der Waals surface area contributed by atoms with Gasteiger partial charge in [-0.1, -0.05) is 0 Å². The van der Waals surface area contributed by atoms with Crippen LogP contribution < -0.4 is 16.8 Å². The second-order valence-electron chi connectivity index (χ2n) is 3.33. The average molecular weight is 233 g/mol. The topological polar surface area (TPSA) is 156 Å². The Morgan fingerprint density at radius 1 is 1.38 bits per heavy atom. The molecule has 7 N–H and O–H groups in total. The Morgan fingerprint density at radius 3 is 2.19 bits per heavy atom. The van der Waals surface area contributed by atoms with Gasteiger partial charge in [-0.15, -0.1) is 0 Å². The van der Waals surface area contributed by atoms with Crippen LogP contribution >= 0.6 is 0 Å². The minimum absolute atomic E-state index is 0.631. The number of carboxylic acids is 1. The molecule has 3 atom stereocenters. The first-order chi connectivity index (χ1) is 7.25. The van der Waals surface area contributed by atoms with Crippen molar-refractivity contribution < 1.29 is 24.6 Å². The van der Waals surface area contributed by atoms with Crippen molar-refractivity contribution in [1.29, 1.82) is 0 Å². The van der Waals surface area contributed by atoms with Crippen molar-refractivity contribution in [1.82, 2.24) is 5.32 Å². The van der Waals surface area contributed by atoms with Gasteiger partial charge < -0.3 is 27.0 Å². The number of nitrogens with two attached hydrogens (primary N) is 2. The molecule has 0 spiro atoms. The average Bonchev–Trinajstić information content (AvgIpc) is 2.14. The number of aliphatic carboxylic acids is 1. The summed E-state index contributed by atoms with van der Waals surface area (Å²) in [7, 11) is 0. The molecule has 0 unspecified atom stereocenters. The predicted octanol–water partition coefficient (Wildman–Crippen LogP) is -2.86. The van der Waals surface area contributed by atoms with Crippen molar-refractivity contribution in [3.05, 3.63) is 0 Å². The van der Waals surface area contributed by atoms with E-state index >= 15 is 0 Å². The van der Waals surface area contributed by atoms with Crippen LogP contribution in [0.15, 0.2) is 0 Å². The summed E-state index contributed by atoms with van der Waals surface area (Å²) in [6, 6.07) is -2.58. The number of primary amides is 1. The van der Waals surface area contributed by atoms with E-state index in [-0.39, 0.29) is 0 Å². The molecule has 0 aliphatic rings. The monoisotopic (exact) mass is 233 g/mol. The molecule has 0 radical (unpaired) electrons. The molecule has 8 heteroatoms. The lowest BCUT2D eigenvalue weighted by Gasteiger charge is -2.18. The predicted molar refractivity (Wildman–Crippen MR) is 53.0 cm³/mol. The van der Waals surface area contributed by atoms with Gasteiger partial charge in [0, 0.05) is 0 Å². The molecule has 0 rings (SSSR count). The standard InChI is InChI=1S/C8H15N3O5/c1-3(12)6(9)8(16)11-4(7(10)15)2-5(13)14/h3-4,6,12H,2,9H2,1H3,(H2,10,15)(H,11,16)(H,13,14)/t3-,4+,6+/m1/s1. The van der Waals surface area contributed by atoms with Gasteiger partial charge in [-0.3, -0.25) is 14.4 Å². The van der Waals surface area contributed by atoms with Gasteiger partial charge in [0.15, 0.2) is 0 Å². The van der Waals surface area contributed by atoms with Crippen LogP contribution in [0.1, 0.15) is 13.3 Å². The minimum Gasteiger partial charge on any atom is -0.481 e. The van der Waals surface area contributed by atoms with E-state index in [1.54, 1.807) is 0 Å². The van der Waals surface area contributed by atoms with Gasteiger partial charge in [0.1, 0.15) is 12.1 Å². The molecule has 0 aromatic carbocycles. The number of hydrogen-bond donors (Lipinski definition) is 5. The molecule has 0 saturated heterocycles. The van der Waals surface area contributed by atoms with Crippen LogP contribution in [0.4, 0.5) is 0 Å². The van der Waals surface area contributed by atoms with E-state index < -0.39 is 42.4 Å². The first-order valence-electron chi connectivity index (χ1n) is 4.50. The van der Waals surface area contributed by atoms with Crippen LogP contribution in [0.2, 0.25) is 0 Å². The maximum Gasteiger partial charge on any atom is 0.305 e. The Labute approximate surface area is 91.6 Å². The Morgan fingerprint density at radius 2 is 1.88 bits per heavy atom. The number of carbonyl (C=O) groups is 3. The molecule has 0 heterocycles. The zero-order valence-corrected chi connectivity index (χ0v) is 8.71. The number of hydrogen-bond acceptors (Lipinski definition) is 5. The Bertz CT molecular complexity index is 291. The smallest absolute Gasteiger partial charge is 0.305 e. The lowest BCUT2D eigenvalue weighted by molar-refractivity contribution is -0.140. The number of rotatable bonds is 6. The van der Waals surface area contributed by atoms with Crippen LogP contribution in [-0.2, 0) is 14.4 Å². The second kappa shape index (κ2) is 6.03. The highest BCUT2D eigenvalue weighted by Gasteiger charge is 2.26. The van der Waals surface area contributed by atoms with Gasteiger partial charge in [0.25, 0.3) is 0 Å². The fraction of sp³-hybridized carbons (Fsp3) is 0.625. The first kappa shape index (κ1) is 14.3. The maximum atomic E-state index is 11.3. The summed E-state index contributed by atoms with van der Waals surface area (Å²) in [4.78, 5) is 32.4. The van der Waals surface area contributed by atoms with E-state index in [2.05, 4.69) is 0 Å². The van der Waals surface area contributed by atoms with E-state index in [1.165, 1.54) is 6.92 Å². The Kier molecular flexibility index (Phi) is 5.40. The quantitative estimate of drug-likeness (QED) is 0.332. The highest BCUT2D eigenvalue weighted by molar-refractivity contribution is 5.91. The molecule has 0 aromatic rings. The van der Waals surface area contributed by atoms with E-state index in [4.69, 9.17) is 21.7 Å². The van der Waals surface area contributed by atoms with Gasteiger partial charge in [0.05, 0.1) is 12.5 Å². The van der Waals surface area contributed by atoms with Crippen molar-refractivity contribution >= 4 is 17.8 Å². The summed E-state index contributed by atoms with van der Waals surface area (Å²) in [5.74, 6) is -3.09. The molecule has 0 fully saturated rings. The van der Waals surface area contributed by atoms with Crippen molar-refractivity contribution in [3.63, 3.8) is 0 Å². The lowest BCUT2D eigenvalue weighted by atomic mass is 10.1. The summed E-state index contributed by atoms with van der Waals surface area (Å²) in [6.45, 7) is 1.29. The third-order valence-electron chi connectivity index (χ3n) is 1.86. The molecule has 0 saturated carbocycles. The third kappa shape index (κ3) is 4.71. The molecule has 0 aliphatic heterocycles. The summed E-state index contributed by atoms with van der Waals surface area (Å²) in [5, 5.41) is 19.5. The van der Waals surface area contributed by atoms with Gasteiger partial charge in [-0.2, -0.15) is 0 Å². The van der Waals surface area contributed by atoms with Crippen LogP contribution in [-0.4, -0.2) is 46.2 Å². The van der Waals surface area contributed by atoms with Gasteiger partial charge in [0.2, 0.25) is 11.8 Å². The second-order valence-corrected chi connectivity index (χ2v) is 3.33. The van der Waals surface area contributed by atoms with Crippen LogP contribution in [0, 0.1) is 0 Å². The summed E-state index contributed by atoms with van der Waals surface area (Å²) < 4.78 is 0. The van der Waals surface area contributed by atoms with E-state index in [0.29, 0.717) is 0 Å². The number of aliphatic hydroxyl groups excluding tert-OH is 1. The molecule has 0 bridgehead atoms. The fourth-order valence-electron chi connectivity index (χ4n) is 0.884. The number of nitrogens with one attached hydrogen (secondary N) is 1. The minimum atomic E-state index is -1.34. The SMILES string of the molecule is C[C@@H](O)[C@H](N)C(=O)N[C@@H](CC(=O)O)C(N)=O. The van der Waals surface area contributed by atoms with E-state index in [1.807, 2.05) is 5.32 Å².